The number of hydrogen-bond acceptors (Lipinski definition) is 2. The molecule has 0 atom stereocenters. The third-order valence-electron chi connectivity index (χ3n) is 4.71. The number of aromatic amines is 1. The molecule has 0 saturated heterocycles. The van der Waals surface area contributed by atoms with Crippen LogP contribution in [0.3, 0.4) is 0 Å². The van der Waals surface area contributed by atoms with Crippen LogP contribution in [0.15, 0.2) is 83.7 Å². The molecule has 5 nitrogen and oxygen atoms in total. The molecule has 27 heavy (non-hydrogen) atoms. The molecule has 0 spiro atoms. The summed E-state index contributed by atoms with van der Waals surface area (Å²) in [6, 6.07) is 24.7. The lowest BCUT2D eigenvalue weighted by Crippen LogP contribution is -2.29. The van der Waals surface area contributed by atoms with Crippen molar-refractivity contribution in [3.05, 3.63) is 106 Å². The molecule has 0 aliphatic rings. The van der Waals surface area contributed by atoms with Gasteiger partial charge >= 0.3 is 5.69 Å². The summed E-state index contributed by atoms with van der Waals surface area (Å²) in [5.41, 5.74) is 3.72. The van der Waals surface area contributed by atoms with Gasteiger partial charge in [-0.3, -0.25) is 9.36 Å². The zero-order chi connectivity index (χ0) is 18.8. The maximum absolute atomic E-state index is 12.9. The van der Waals surface area contributed by atoms with Crippen LogP contribution >= 0.6 is 0 Å². The fourth-order valence-electron chi connectivity index (χ4n) is 3.24. The minimum Gasteiger partial charge on any atom is -0.341 e. The molecule has 5 heteroatoms. The van der Waals surface area contributed by atoms with E-state index in [0.29, 0.717) is 11.1 Å². The Morgan fingerprint density at radius 3 is 2.11 bits per heavy atom. The van der Waals surface area contributed by atoms with Crippen molar-refractivity contribution in [1.29, 1.82) is 0 Å². The standard InChI is InChI=1S/C22H19N3O2/c1-25-19-13-12-17(14-18(19)23-22(25)27)21(26)24-20(15-8-4-2-5-9-15)16-10-6-3-7-11-16/h2-14,20H,1H3,(H,23,27)(H,24,26). The molecule has 3 aromatic carbocycles. The Hall–Kier alpha value is -3.60. The SMILES string of the molecule is Cn1c(=O)[nH]c2cc(C(=O)NC(c3ccccc3)c3ccccc3)ccc21. The highest BCUT2D eigenvalue weighted by atomic mass is 16.2. The average Bonchev–Trinajstić information content (AvgIpc) is 3.00. The maximum Gasteiger partial charge on any atom is 0.326 e. The number of nitrogens with one attached hydrogen (secondary N) is 2. The van der Waals surface area contributed by atoms with Crippen LogP contribution in [0.2, 0.25) is 0 Å². The topological polar surface area (TPSA) is 66.9 Å². The number of aromatic nitrogens is 2. The van der Waals surface area contributed by atoms with Gasteiger partial charge in [-0.05, 0) is 29.3 Å². The molecule has 0 saturated carbocycles. The summed E-state index contributed by atoms with van der Waals surface area (Å²) in [5.74, 6) is -0.195. The van der Waals surface area contributed by atoms with Gasteiger partial charge in [0.05, 0.1) is 17.1 Å². The third-order valence-corrected chi connectivity index (χ3v) is 4.71. The Labute approximate surface area is 156 Å². The van der Waals surface area contributed by atoms with Gasteiger partial charge in [0.25, 0.3) is 5.91 Å². The van der Waals surface area contributed by atoms with E-state index in [1.54, 1.807) is 25.2 Å². The number of fused-ring (bicyclic) bond motifs is 1. The number of nitrogens with zero attached hydrogens (tertiary/aromatic N) is 1. The van der Waals surface area contributed by atoms with E-state index in [1.807, 2.05) is 60.7 Å². The van der Waals surface area contributed by atoms with Crippen molar-refractivity contribution in [3.63, 3.8) is 0 Å². The van der Waals surface area contributed by atoms with Crippen LogP contribution in [-0.2, 0) is 7.05 Å². The van der Waals surface area contributed by atoms with Gasteiger partial charge in [0, 0.05) is 12.6 Å². The number of carbonyl (C=O) groups is 1. The van der Waals surface area contributed by atoms with Crippen LogP contribution in [0, 0.1) is 0 Å². The Morgan fingerprint density at radius 1 is 0.926 bits per heavy atom. The first kappa shape index (κ1) is 16.8. The zero-order valence-electron chi connectivity index (χ0n) is 14.8. The molecule has 4 aromatic rings. The highest BCUT2D eigenvalue weighted by Crippen LogP contribution is 2.22. The third kappa shape index (κ3) is 3.27. The van der Waals surface area contributed by atoms with Gasteiger partial charge < -0.3 is 10.3 Å². The fraction of sp³-hybridized carbons (Fsp3) is 0.0909. The summed E-state index contributed by atoms with van der Waals surface area (Å²) < 4.78 is 1.52. The fourth-order valence-corrected chi connectivity index (χ4v) is 3.24. The first-order chi connectivity index (χ1) is 13.1. The Balaban J connectivity index is 1.69. The smallest absolute Gasteiger partial charge is 0.326 e. The first-order valence-corrected chi connectivity index (χ1v) is 8.73. The summed E-state index contributed by atoms with van der Waals surface area (Å²) in [6.45, 7) is 0. The molecule has 1 aromatic heterocycles. The Bertz CT molecular complexity index is 1110. The monoisotopic (exact) mass is 357 g/mol. The van der Waals surface area contributed by atoms with Gasteiger partial charge in [-0.2, -0.15) is 0 Å². The van der Waals surface area contributed by atoms with Gasteiger partial charge in [0.2, 0.25) is 0 Å². The molecule has 1 amide bonds. The largest absolute Gasteiger partial charge is 0.341 e. The molecule has 0 radical (unpaired) electrons. The molecule has 0 unspecified atom stereocenters. The summed E-state index contributed by atoms with van der Waals surface area (Å²) in [4.78, 5) is 27.5. The van der Waals surface area contributed by atoms with E-state index in [-0.39, 0.29) is 17.6 Å². The number of hydrogen-bond donors (Lipinski definition) is 2. The van der Waals surface area contributed by atoms with Gasteiger partial charge in [-0.25, -0.2) is 4.79 Å². The minimum atomic E-state index is -0.259. The second-order valence-electron chi connectivity index (χ2n) is 6.45. The van der Waals surface area contributed by atoms with Crippen molar-refractivity contribution < 1.29 is 4.79 Å². The lowest BCUT2D eigenvalue weighted by atomic mass is 9.98. The van der Waals surface area contributed by atoms with Crippen LogP contribution in [0.5, 0.6) is 0 Å². The number of amides is 1. The van der Waals surface area contributed by atoms with Crippen molar-refractivity contribution in [2.45, 2.75) is 6.04 Å². The van der Waals surface area contributed by atoms with Crippen molar-refractivity contribution in [2.24, 2.45) is 7.05 Å². The van der Waals surface area contributed by atoms with E-state index in [2.05, 4.69) is 10.3 Å². The number of benzene rings is 3. The molecule has 0 aliphatic carbocycles. The van der Waals surface area contributed by atoms with Gasteiger partial charge in [-0.15, -0.1) is 0 Å². The number of rotatable bonds is 4. The highest BCUT2D eigenvalue weighted by Gasteiger charge is 2.18. The van der Waals surface area contributed by atoms with Crippen molar-refractivity contribution >= 4 is 16.9 Å². The molecule has 2 N–H and O–H groups in total. The molecule has 0 fully saturated rings. The second-order valence-corrected chi connectivity index (χ2v) is 6.45. The predicted octanol–water partition coefficient (Wildman–Crippen LogP) is 3.39. The molecule has 134 valence electrons. The van der Waals surface area contributed by atoms with E-state index < -0.39 is 0 Å². The second kappa shape index (κ2) is 6.96. The predicted molar refractivity (Wildman–Crippen MR) is 106 cm³/mol. The molecule has 1 heterocycles. The van der Waals surface area contributed by atoms with Crippen molar-refractivity contribution in [2.75, 3.05) is 0 Å². The zero-order valence-corrected chi connectivity index (χ0v) is 14.8. The maximum atomic E-state index is 12.9. The van der Waals surface area contributed by atoms with Crippen LogP contribution in [0.25, 0.3) is 11.0 Å². The van der Waals surface area contributed by atoms with E-state index in [4.69, 9.17) is 0 Å². The lowest BCUT2D eigenvalue weighted by Gasteiger charge is -2.20. The Kier molecular flexibility index (Phi) is 4.34. The van der Waals surface area contributed by atoms with Crippen LogP contribution in [0.4, 0.5) is 0 Å². The summed E-state index contributed by atoms with van der Waals surface area (Å²) in [5, 5.41) is 3.11. The highest BCUT2D eigenvalue weighted by molar-refractivity contribution is 5.97. The van der Waals surface area contributed by atoms with Crippen molar-refractivity contribution in [1.82, 2.24) is 14.9 Å². The van der Waals surface area contributed by atoms with Crippen LogP contribution < -0.4 is 11.0 Å². The average molecular weight is 357 g/mol. The van der Waals surface area contributed by atoms with Crippen molar-refractivity contribution in [3.8, 4) is 0 Å². The van der Waals surface area contributed by atoms with E-state index >= 15 is 0 Å². The van der Waals surface area contributed by atoms with Gasteiger partial charge in [0.1, 0.15) is 0 Å². The van der Waals surface area contributed by atoms with Gasteiger partial charge in [0.15, 0.2) is 0 Å². The minimum absolute atomic E-state index is 0.195. The quantitative estimate of drug-likeness (QED) is 0.588. The van der Waals surface area contributed by atoms with E-state index in [0.717, 1.165) is 16.6 Å². The van der Waals surface area contributed by atoms with Gasteiger partial charge in [-0.1, -0.05) is 60.7 Å². The summed E-state index contributed by atoms with van der Waals surface area (Å²) >= 11 is 0. The molecular formula is C22H19N3O2. The molecule has 0 bridgehead atoms. The first-order valence-electron chi connectivity index (χ1n) is 8.73. The number of imidazole rings is 1. The number of aryl methyl sites for hydroxylation is 1. The summed E-state index contributed by atoms with van der Waals surface area (Å²) in [7, 11) is 1.70. The molecule has 0 aliphatic heterocycles. The van der Waals surface area contributed by atoms with Crippen LogP contribution in [0.1, 0.15) is 27.5 Å². The number of H-pyrrole nitrogens is 1. The Morgan fingerprint density at radius 2 is 1.52 bits per heavy atom. The van der Waals surface area contributed by atoms with E-state index in [9.17, 15) is 9.59 Å². The van der Waals surface area contributed by atoms with E-state index in [1.165, 1.54) is 4.57 Å². The lowest BCUT2D eigenvalue weighted by molar-refractivity contribution is 0.0943. The molecular weight excluding hydrogens is 338 g/mol. The van der Waals surface area contributed by atoms with Crippen LogP contribution in [-0.4, -0.2) is 15.5 Å². The summed E-state index contributed by atoms with van der Waals surface area (Å²) in [6.07, 6.45) is 0. The number of carbonyl (C=O) groups excluding carboxylic acids is 1. The normalized spacial score (nSPS) is 11.0. The molecule has 4 rings (SSSR count).